The summed E-state index contributed by atoms with van der Waals surface area (Å²) < 4.78 is 0. The minimum Gasteiger partial charge on any atom is -0.368 e. The highest BCUT2D eigenvalue weighted by atomic mass is 35.5. The van der Waals surface area contributed by atoms with Gasteiger partial charge >= 0.3 is 0 Å². The first-order valence-corrected chi connectivity index (χ1v) is 7.25. The van der Waals surface area contributed by atoms with Crippen molar-refractivity contribution in [1.82, 2.24) is 0 Å². The number of rotatable bonds is 4. The maximum atomic E-state index is 6.06. The Morgan fingerprint density at radius 1 is 1.10 bits per heavy atom. The third kappa shape index (κ3) is 3.26. The van der Waals surface area contributed by atoms with Gasteiger partial charge in [-0.25, -0.2) is 0 Å². The van der Waals surface area contributed by atoms with Crippen molar-refractivity contribution in [3.05, 3.63) is 63.6 Å². The molecule has 2 N–H and O–H groups in total. The van der Waals surface area contributed by atoms with E-state index in [1.165, 1.54) is 0 Å². The highest BCUT2D eigenvalue weighted by molar-refractivity contribution is 6.31. The van der Waals surface area contributed by atoms with E-state index >= 15 is 0 Å². The van der Waals surface area contributed by atoms with Gasteiger partial charge in [-0.15, -0.1) is 0 Å². The van der Waals surface area contributed by atoms with Crippen LogP contribution in [0.1, 0.15) is 24.1 Å². The second-order valence-electron chi connectivity index (χ2n) is 4.82. The molecule has 2 aromatic rings. The van der Waals surface area contributed by atoms with Gasteiger partial charge in [-0.1, -0.05) is 35.3 Å². The number of hydrogen-bond acceptors (Lipinski definition) is 2. The lowest BCUT2D eigenvalue weighted by atomic mass is 10.1. The highest BCUT2D eigenvalue weighted by Gasteiger charge is 2.15. The van der Waals surface area contributed by atoms with Gasteiger partial charge in [0.15, 0.2) is 0 Å². The maximum Gasteiger partial charge on any atom is 0.0511 e. The molecule has 0 fully saturated rings. The first-order valence-electron chi connectivity index (χ1n) is 6.49. The SMILES string of the molecule is CC(c1cccc(Cl)c1)N(C)c1ccc(Cl)cc1CN. The quantitative estimate of drug-likeness (QED) is 0.891. The number of benzene rings is 2. The smallest absolute Gasteiger partial charge is 0.0511 e. The molecule has 2 aromatic carbocycles. The van der Waals surface area contributed by atoms with Crippen LogP contribution in [0, 0.1) is 0 Å². The summed E-state index contributed by atoms with van der Waals surface area (Å²) in [5.74, 6) is 0. The van der Waals surface area contributed by atoms with Crippen molar-refractivity contribution >= 4 is 28.9 Å². The van der Waals surface area contributed by atoms with Crippen molar-refractivity contribution in [1.29, 1.82) is 0 Å². The fourth-order valence-electron chi connectivity index (χ4n) is 2.26. The normalized spacial score (nSPS) is 12.2. The van der Waals surface area contributed by atoms with E-state index in [1.54, 1.807) is 0 Å². The summed E-state index contributed by atoms with van der Waals surface area (Å²) in [5, 5.41) is 1.45. The zero-order chi connectivity index (χ0) is 14.7. The lowest BCUT2D eigenvalue weighted by molar-refractivity contribution is 0.735. The van der Waals surface area contributed by atoms with Gasteiger partial charge < -0.3 is 10.6 Å². The molecular formula is C16H18Cl2N2. The third-order valence-electron chi connectivity index (χ3n) is 3.55. The average molecular weight is 309 g/mol. The van der Waals surface area contributed by atoms with E-state index in [9.17, 15) is 0 Å². The van der Waals surface area contributed by atoms with E-state index in [0.29, 0.717) is 11.6 Å². The first kappa shape index (κ1) is 15.2. The molecule has 0 heterocycles. The van der Waals surface area contributed by atoms with Crippen molar-refractivity contribution in [2.45, 2.75) is 19.5 Å². The van der Waals surface area contributed by atoms with Crippen LogP contribution in [0.15, 0.2) is 42.5 Å². The minimum absolute atomic E-state index is 0.195. The molecule has 2 nitrogen and oxygen atoms in total. The lowest BCUT2D eigenvalue weighted by Gasteiger charge is -2.29. The molecule has 0 radical (unpaired) electrons. The van der Waals surface area contributed by atoms with Gasteiger partial charge in [0, 0.05) is 29.3 Å². The maximum absolute atomic E-state index is 6.06. The van der Waals surface area contributed by atoms with Crippen molar-refractivity contribution < 1.29 is 0 Å². The van der Waals surface area contributed by atoms with Crippen LogP contribution >= 0.6 is 23.2 Å². The summed E-state index contributed by atoms with van der Waals surface area (Å²) in [6.07, 6.45) is 0. The van der Waals surface area contributed by atoms with Crippen LogP contribution in [0.2, 0.25) is 10.0 Å². The molecule has 0 saturated carbocycles. The molecule has 4 heteroatoms. The molecular weight excluding hydrogens is 291 g/mol. The molecule has 106 valence electrons. The zero-order valence-corrected chi connectivity index (χ0v) is 13.1. The van der Waals surface area contributed by atoms with Gasteiger partial charge in [0.1, 0.15) is 0 Å². The fourth-order valence-corrected chi connectivity index (χ4v) is 2.65. The summed E-state index contributed by atoms with van der Waals surface area (Å²) in [7, 11) is 2.05. The predicted molar refractivity (Wildman–Crippen MR) is 87.6 cm³/mol. The van der Waals surface area contributed by atoms with Gasteiger partial charge in [0.25, 0.3) is 0 Å². The van der Waals surface area contributed by atoms with Crippen molar-refractivity contribution in [3.8, 4) is 0 Å². The van der Waals surface area contributed by atoms with E-state index in [1.807, 2.05) is 43.4 Å². The Balaban J connectivity index is 2.33. The highest BCUT2D eigenvalue weighted by Crippen LogP contribution is 2.30. The Hall–Kier alpha value is -1.22. The summed E-state index contributed by atoms with van der Waals surface area (Å²) in [5.41, 5.74) is 9.10. The van der Waals surface area contributed by atoms with Gasteiger partial charge in [-0.2, -0.15) is 0 Å². The molecule has 0 aromatic heterocycles. The Labute approximate surface area is 130 Å². The standard InChI is InChI=1S/C16H18Cl2N2/c1-11(12-4-3-5-14(17)8-12)20(2)16-7-6-15(18)9-13(16)10-19/h3-9,11H,10,19H2,1-2H3. The monoisotopic (exact) mass is 308 g/mol. The number of halogens is 2. The van der Waals surface area contributed by atoms with E-state index in [4.69, 9.17) is 28.9 Å². The second-order valence-corrected chi connectivity index (χ2v) is 5.69. The summed E-state index contributed by atoms with van der Waals surface area (Å²) in [4.78, 5) is 2.18. The topological polar surface area (TPSA) is 29.3 Å². The molecule has 1 unspecified atom stereocenters. The Bertz CT molecular complexity index is 599. The van der Waals surface area contributed by atoms with Crippen LogP contribution in [-0.2, 0) is 6.54 Å². The Kier molecular flexibility index (Phi) is 4.92. The molecule has 0 spiro atoms. The predicted octanol–water partition coefficient (Wildman–Crippen LogP) is 4.65. The van der Waals surface area contributed by atoms with Crippen LogP contribution in [0.25, 0.3) is 0 Å². The first-order chi connectivity index (χ1) is 9.52. The third-order valence-corrected chi connectivity index (χ3v) is 4.02. The molecule has 0 saturated heterocycles. The van der Waals surface area contributed by atoms with Crippen LogP contribution in [0.4, 0.5) is 5.69 Å². The molecule has 0 aliphatic carbocycles. The number of hydrogen-bond donors (Lipinski definition) is 1. The zero-order valence-electron chi connectivity index (χ0n) is 11.6. The largest absolute Gasteiger partial charge is 0.368 e. The van der Waals surface area contributed by atoms with E-state index in [-0.39, 0.29) is 6.04 Å². The van der Waals surface area contributed by atoms with Crippen molar-refractivity contribution in [3.63, 3.8) is 0 Å². The van der Waals surface area contributed by atoms with Gasteiger partial charge in [0.05, 0.1) is 6.04 Å². The molecule has 0 aliphatic heterocycles. The summed E-state index contributed by atoms with van der Waals surface area (Å²) in [6.45, 7) is 2.60. The lowest BCUT2D eigenvalue weighted by Crippen LogP contribution is -2.23. The molecule has 2 rings (SSSR count). The van der Waals surface area contributed by atoms with E-state index in [0.717, 1.165) is 21.8 Å². The minimum atomic E-state index is 0.195. The number of nitrogens with zero attached hydrogens (tertiary/aromatic N) is 1. The second kappa shape index (κ2) is 6.49. The number of nitrogens with two attached hydrogens (primary N) is 1. The van der Waals surface area contributed by atoms with Crippen LogP contribution in [0.3, 0.4) is 0 Å². The summed E-state index contributed by atoms with van der Waals surface area (Å²) in [6, 6.07) is 13.9. The molecule has 0 bridgehead atoms. The molecule has 0 amide bonds. The molecule has 0 aliphatic rings. The fraction of sp³-hybridized carbons (Fsp3) is 0.250. The summed E-state index contributed by atoms with van der Waals surface area (Å²) >= 11 is 12.1. The van der Waals surface area contributed by atoms with Crippen LogP contribution < -0.4 is 10.6 Å². The van der Waals surface area contributed by atoms with E-state index in [2.05, 4.69) is 17.9 Å². The van der Waals surface area contributed by atoms with Crippen molar-refractivity contribution in [2.24, 2.45) is 5.73 Å². The average Bonchev–Trinajstić information content (AvgIpc) is 2.45. The van der Waals surface area contributed by atoms with Crippen LogP contribution in [-0.4, -0.2) is 7.05 Å². The van der Waals surface area contributed by atoms with E-state index < -0.39 is 0 Å². The van der Waals surface area contributed by atoms with Crippen molar-refractivity contribution in [2.75, 3.05) is 11.9 Å². The molecule has 1 atom stereocenters. The van der Waals surface area contributed by atoms with Gasteiger partial charge in [-0.3, -0.25) is 0 Å². The molecule has 20 heavy (non-hydrogen) atoms. The van der Waals surface area contributed by atoms with Gasteiger partial charge in [-0.05, 0) is 48.4 Å². The Morgan fingerprint density at radius 2 is 1.80 bits per heavy atom. The Morgan fingerprint density at radius 3 is 2.45 bits per heavy atom. The van der Waals surface area contributed by atoms with Gasteiger partial charge in [0.2, 0.25) is 0 Å². The van der Waals surface area contributed by atoms with Crippen LogP contribution in [0.5, 0.6) is 0 Å². The number of anilines is 1.